The Hall–Kier alpha value is -2.88. The van der Waals surface area contributed by atoms with Gasteiger partial charge in [0, 0.05) is 24.2 Å². The molecule has 7 nitrogen and oxygen atoms in total. The fourth-order valence-corrected chi connectivity index (χ4v) is 1.28. The Bertz CT molecular complexity index is 570. The molecule has 0 saturated heterocycles. The fraction of sp³-hybridized carbons (Fsp3) is 0.167. The van der Waals surface area contributed by atoms with Crippen LogP contribution in [-0.4, -0.2) is 15.9 Å². The van der Waals surface area contributed by atoms with Gasteiger partial charge in [-0.25, -0.2) is 0 Å². The highest BCUT2D eigenvalue weighted by atomic mass is 16.6. The zero-order valence-corrected chi connectivity index (χ0v) is 10.1. The number of allylic oxidation sites excluding steroid dienone is 1. The molecule has 0 heterocycles. The maximum Gasteiger partial charge on any atom is 0.269 e. The molecule has 1 aromatic rings. The topological polar surface area (TPSA) is 116 Å². The third kappa shape index (κ3) is 3.54. The van der Waals surface area contributed by atoms with Gasteiger partial charge in [0.2, 0.25) is 0 Å². The number of hydrogen-bond donors (Lipinski definition) is 2. The lowest BCUT2D eigenvalue weighted by Gasteiger charge is -2.05. The molecule has 0 aliphatic heterocycles. The summed E-state index contributed by atoms with van der Waals surface area (Å²) >= 11 is 0. The molecule has 0 unspecified atom stereocenters. The molecule has 0 spiro atoms. The van der Waals surface area contributed by atoms with Crippen molar-refractivity contribution < 1.29 is 14.8 Å². The lowest BCUT2D eigenvalue weighted by molar-refractivity contribution is -0.384. The molecule has 0 aliphatic rings. The normalized spacial score (nSPS) is 11.2. The van der Waals surface area contributed by atoms with Crippen LogP contribution in [0.3, 0.4) is 0 Å². The number of aliphatic hydroxyl groups excluding tert-OH is 1. The summed E-state index contributed by atoms with van der Waals surface area (Å²) in [4.78, 5) is 21.6. The van der Waals surface area contributed by atoms with Gasteiger partial charge in [0.1, 0.15) is 11.8 Å². The van der Waals surface area contributed by atoms with Gasteiger partial charge >= 0.3 is 0 Å². The number of anilines is 1. The number of nitrogens with zero attached hydrogens (tertiary/aromatic N) is 2. The second-order valence-corrected chi connectivity index (χ2v) is 3.55. The molecule has 0 saturated carbocycles. The zero-order chi connectivity index (χ0) is 14.4. The van der Waals surface area contributed by atoms with Crippen molar-refractivity contribution in [2.75, 3.05) is 5.32 Å². The first kappa shape index (κ1) is 14.2. The lowest BCUT2D eigenvalue weighted by Crippen LogP contribution is -2.15. The number of nitriles is 1. The predicted octanol–water partition coefficient (Wildman–Crippen LogP) is 2.28. The van der Waals surface area contributed by atoms with E-state index in [1.54, 1.807) is 13.0 Å². The summed E-state index contributed by atoms with van der Waals surface area (Å²) < 4.78 is 0. The van der Waals surface area contributed by atoms with Gasteiger partial charge in [-0.2, -0.15) is 5.26 Å². The Morgan fingerprint density at radius 1 is 1.47 bits per heavy atom. The minimum absolute atomic E-state index is 0.106. The van der Waals surface area contributed by atoms with Crippen molar-refractivity contribution in [1.82, 2.24) is 0 Å². The summed E-state index contributed by atoms with van der Waals surface area (Å²) in [5, 5.41) is 31.0. The van der Waals surface area contributed by atoms with Crippen molar-refractivity contribution in [3.63, 3.8) is 0 Å². The fourth-order valence-electron chi connectivity index (χ4n) is 1.28. The van der Waals surface area contributed by atoms with Crippen LogP contribution in [0.25, 0.3) is 0 Å². The number of benzene rings is 1. The van der Waals surface area contributed by atoms with E-state index in [1.165, 1.54) is 24.3 Å². The van der Waals surface area contributed by atoms with Crippen molar-refractivity contribution in [3.05, 3.63) is 45.7 Å². The quantitative estimate of drug-likeness (QED) is 0.283. The molecule has 1 amide bonds. The van der Waals surface area contributed by atoms with E-state index in [4.69, 9.17) is 5.26 Å². The van der Waals surface area contributed by atoms with E-state index < -0.39 is 10.8 Å². The van der Waals surface area contributed by atoms with Gasteiger partial charge in [0.05, 0.1) is 4.92 Å². The monoisotopic (exact) mass is 261 g/mol. The first-order valence-electron chi connectivity index (χ1n) is 5.37. The molecular formula is C12H11N3O4. The summed E-state index contributed by atoms with van der Waals surface area (Å²) in [6, 6.07) is 6.75. The van der Waals surface area contributed by atoms with Gasteiger partial charge in [0.15, 0.2) is 5.57 Å². The SMILES string of the molecule is CC/C(O)=C(\C#N)C(=O)Nc1ccc([N+](=O)[O-])cc1. The largest absolute Gasteiger partial charge is 0.511 e. The molecule has 0 aromatic heterocycles. The summed E-state index contributed by atoms with van der Waals surface area (Å²) in [5.74, 6) is -1.06. The molecule has 2 N–H and O–H groups in total. The maximum absolute atomic E-state index is 11.7. The van der Waals surface area contributed by atoms with Gasteiger partial charge in [-0.1, -0.05) is 6.92 Å². The smallest absolute Gasteiger partial charge is 0.269 e. The van der Waals surface area contributed by atoms with Crippen molar-refractivity contribution in [3.8, 4) is 6.07 Å². The summed E-state index contributed by atoms with van der Waals surface area (Å²) in [6.45, 7) is 1.60. The first-order chi connectivity index (χ1) is 8.99. The van der Waals surface area contributed by atoms with E-state index in [0.29, 0.717) is 5.69 Å². The van der Waals surface area contributed by atoms with E-state index in [0.717, 1.165) is 0 Å². The van der Waals surface area contributed by atoms with E-state index in [9.17, 15) is 20.0 Å². The number of amides is 1. The highest BCUT2D eigenvalue weighted by molar-refractivity contribution is 6.06. The highest BCUT2D eigenvalue weighted by Gasteiger charge is 2.14. The van der Waals surface area contributed by atoms with E-state index in [1.807, 2.05) is 0 Å². The standard InChI is InChI=1S/C12H11N3O4/c1-2-11(16)10(7-13)12(17)14-8-3-5-9(6-4-8)15(18)19/h3-6,16H,2H2,1H3,(H,14,17)/b11-10-. The number of hydrogen-bond acceptors (Lipinski definition) is 5. The Balaban J connectivity index is 2.89. The van der Waals surface area contributed by atoms with Crippen molar-refractivity contribution in [1.29, 1.82) is 5.26 Å². The average molecular weight is 261 g/mol. The minimum atomic E-state index is -0.754. The van der Waals surface area contributed by atoms with Crippen LogP contribution in [0.1, 0.15) is 13.3 Å². The lowest BCUT2D eigenvalue weighted by atomic mass is 10.2. The molecule has 0 aliphatic carbocycles. The molecule has 1 aromatic carbocycles. The van der Waals surface area contributed by atoms with Crippen LogP contribution in [-0.2, 0) is 4.79 Å². The predicted molar refractivity (Wildman–Crippen MR) is 67.3 cm³/mol. The molecule has 7 heteroatoms. The zero-order valence-electron chi connectivity index (χ0n) is 10.1. The Kier molecular flexibility index (Phi) is 4.60. The molecule has 0 fully saturated rings. The van der Waals surface area contributed by atoms with Crippen LogP contribution >= 0.6 is 0 Å². The number of rotatable bonds is 4. The van der Waals surface area contributed by atoms with Gasteiger partial charge in [-0.15, -0.1) is 0 Å². The summed E-state index contributed by atoms with van der Waals surface area (Å²) in [7, 11) is 0. The molecular weight excluding hydrogens is 250 g/mol. The summed E-state index contributed by atoms with van der Waals surface area (Å²) in [5.41, 5.74) is -0.182. The molecule has 1 rings (SSSR count). The summed E-state index contributed by atoms with van der Waals surface area (Å²) in [6.07, 6.45) is 0.163. The number of nitrogens with one attached hydrogen (secondary N) is 1. The van der Waals surface area contributed by atoms with E-state index in [2.05, 4.69) is 5.32 Å². The number of aliphatic hydroxyl groups is 1. The average Bonchev–Trinajstić information content (AvgIpc) is 2.39. The first-order valence-corrected chi connectivity index (χ1v) is 5.37. The van der Waals surface area contributed by atoms with Gasteiger partial charge in [-0.05, 0) is 12.1 Å². The van der Waals surface area contributed by atoms with Crippen molar-refractivity contribution >= 4 is 17.3 Å². The second kappa shape index (κ2) is 6.16. The Morgan fingerprint density at radius 2 is 2.05 bits per heavy atom. The number of carbonyl (C=O) groups is 1. The second-order valence-electron chi connectivity index (χ2n) is 3.55. The van der Waals surface area contributed by atoms with E-state index >= 15 is 0 Å². The van der Waals surface area contributed by atoms with Gasteiger partial charge < -0.3 is 10.4 Å². The highest BCUT2D eigenvalue weighted by Crippen LogP contribution is 2.16. The number of carbonyl (C=O) groups excluding carboxylic acids is 1. The van der Waals surface area contributed by atoms with E-state index in [-0.39, 0.29) is 23.4 Å². The Morgan fingerprint density at radius 3 is 2.47 bits per heavy atom. The number of nitro groups is 1. The molecule has 0 bridgehead atoms. The molecule has 19 heavy (non-hydrogen) atoms. The van der Waals surface area contributed by atoms with Crippen LogP contribution < -0.4 is 5.32 Å². The van der Waals surface area contributed by atoms with Crippen molar-refractivity contribution in [2.45, 2.75) is 13.3 Å². The van der Waals surface area contributed by atoms with Crippen LogP contribution in [0, 0.1) is 21.4 Å². The van der Waals surface area contributed by atoms with Gasteiger partial charge in [-0.3, -0.25) is 14.9 Å². The number of non-ortho nitro benzene ring substituents is 1. The third-order valence-corrected chi connectivity index (χ3v) is 2.30. The molecule has 0 radical (unpaired) electrons. The molecule has 0 atom stereocenters. The minimum Gasteiger partial charge on any atom is -0.511 e. The van der Waals surface area contributed by atoms with Crippen LogP contribution in [0.2, 0.25) is 0 Å². The van der Waals surface area contributed by atoms with Crippen LogP contribution in [0.5, 0.6) is 0 Å². The number of nitro benzene ring substituents is 1. The van der Waals surface area contributed by atoms with Gasteiger partial charge in [0.25, 0.3) is 11.6 Å². The van der Waals surface area contributed by atoms with Crippen LogP contribution in [0.15, 0.2) is 35.6 Å². The maximum atomic E-state index is 11.7. The van der Waals surface area contributed by atoms with Crippen LogP contribution in [0.4, 0.5) is 11.4 Å². The molecule has 98 valence electrons. The third-order valence-electron chi connectivity index (χ3n) is 2.30. The van der Waals surface area contributed by atoms with Crippen molar-refractivity contribution in [2.24, 2.45) is 0 Å². The Labute approximate surface area is 108 Å².